The molecule has 2 aliphatic heterocycles. The summed E-state index contributed by atoms with van der Waals surface area (Å²) in [7, 11) is 0. The Morgan fingerprint density at radius 3 is 2.53 bits per heavy atom. The SMILES string of the molecule is CC(CN=C(N)N1CCSCC1)CN1CCCCC1. The molecule has 0 aromatic carbocycles. The zero-order valence-electron chi connectivity index (χ0n) is 12.2. The fourth-order valence-electron chi connectivity index (χ4n) is 2.78. The fourth-order valence-corrected chi connectivity index (χ4v) is 3.69. The third-order valence-corrected chi connectivity index (χ3v) is 4.86. The van der Waals surface area contributed by atoms with Crippen molar-refractivity contribution in [1.29, 1.82) is 0 Å². The van der Waals surface area contributed by atoms with Crippen LogP contribution in [0.5, 0.6) is 0 Å². The minimum absolute atomic E-state index is 0.607. The summed E-state index contributed by atoms with van der Waals surface area (Å²) in [6, 6.07) is 0. The molecule has 2 aliphatic rings. The van der Waals surface area contributed by atoms with Gasteiger partial charge < -0.3 is 15.5 Å². The molecule has 2 fully saturated rings. The minimum atomic E-state index is 0.607. The molecule has 1 atom stereocenters. The van der Waals surface area contributed by atoms with Crippen LogP contribution >= 0.6 is 11.8 Å². The lowest BCUT2D eigenvalue weighted by atomic mass is 10.1. The molecule has 0 aromatic rings. The van der Waals surface area contributed by atoms with E-state index in [1.807, 2.05) is 11.8 Å². The van der Waals surface area contributed by atoms with Gasteiger partial charge in [0.05, 0.1) is 0 Å². The van der Waals surface area contributed by atoms with Crippen molar-refractivity contribution in [2.45, 2.75) is 26.2 Å². The van der Waals surface area contributed by atoms with Gasteiger partial charge in [0.1, 0.15) is 0 Å². The maximum absolute atomic E-state index is 6.08. The molecular weight excluding hydrogens is 256 g/mol. The summed E-state index contributed by atoms with van der Waals surface area (Å²) in [6.45, 7) is 8.98. The van der Waals surface area contributed by atoms with Crippen molar-refractivity contribution >= 4 is 17.7 Å². The molecule has 5 heteroatoms. The monoisotopic (exact) mass is 284 g/mol. The standard InChI is InChI=1S/C14H28N4S/c1-13(12-17-5-3-2-4-6-17)11-16-14(15)18-7-9-19-10-8-18/h13H,2-12H2,1H3,(H2,15,16). The Morgan fingerprint density at radius 2 is 1.84 bits per heavy atom. The van der Waals surface area contributed by atoms with Crippen LogP contribution < -0.4 is 5.73 Å². The van der Waals surface area contributed by atoms with Crippen LogP contribution in [-0.4, -0.2) is 66.5 Å². The van der Waals surface area contributed by atoms with Crippen LogP contribution in [-0.2, 0) is 0 Å². The van der Waals surface area contributed by atoms with Crippen LogP contribution in [0.1, 0.15) is 26.2 Å². The Kier molecular flexibility index (Phi) is 6.31. The Hall–Kier alpha value is -0.420. The van der Waals surface area contributed by atoms with E-state index in [0.29, 0.717) is 5.92 Å². The molecule has 2 heterocycles. The quantitative estimate of drug-likeness (QED) is 0.627. The molecule has 0 saturated carbocycles. The normalized spacial score (nSPS) is 24.5. The Labute approximate surface area is 121 Å². The van der Waals surface area contributed by atoms with E-state index < -0.39 is 0 Å². The maximum atomic E-state index is 6.08. The molecule has 0 bridgehead atoms. The summed E-state index contributed by atoms with van der Waals surface area (Å²) in [4.78, 5) is 9.40. The van der Waals surface area contributed by atoms with E-state index in [1.54, 1.807) is 0 Å². The van der Waals surface area contributed by atoms with Gasteiger partial charge in [0.15, 0.2) is 5.96 Å². The second-order valence-corrected chi connectivity index (χ2v) is 6.99. The third-order valence-electron chi connectivity index (χ3n) is 3.92. The summed E-state index contributed by atoms with van der Waals surface area (Å²) in [5, 5.41) is 0. The lowest BCUT2D eigenvalue weighted by Gasteiger charge is -2.29. The molecule has 2 N–H and O–H groups in total. The number of likely N-dealkylation sites (tertiary alicyclic amines) is 1. The molecule has 19 heavy (non-hydrogen) atoms. The van der Waals surface area contributed by atoms with Crippen LogP contribution in [0.4, 0.5) is 0 Å². The molecular formula is C14H28N4S. The van der Waals surface area contributed by atoms with Crippen LogP contribution in [0.15, 0.2) is 4.99 Å². The number of hydrogen-bond acceptors (Lipinski definition) is 3. The predicted octanol–water partition coefficient (Wildman–Crippen LogP) is 1.47. The number of guanidine groups is 1. The van der Waals surface area contributed by atoms with Crippen molar-refractivity contribution in [3.05, 3.63) is 0 Å². The van der Waals surface area contributed by atoms with Crippen molar-refractivity contribution in [1.82, 2.24) is 9.80 Å². The Balaban J connectivity index is 1.70. The van der Waals surface area contributed by atoms with Crippen molar-refractivity contribution in [3.63, 3.8) is 0 Å². The van der Waals surface area contributed by atoms with E-state index >= 15 is 0 Å². The molecule has 2 saturated heterocycles. The van der Waals surface area contributed by atoms with Gasteiger partial charge in [-0.25, -0.2) is 0 Å². The molecule has 0 amide bonds. The van der Waals surface area contributed by atoms with Gasteiger partial charge in [0, 0.05) is 37.7 Å². The third kappa shape index (κ3) is 5.22. The van der Waals surface area contributed by atoms with Gasteiger partial charge >= 0.3 is 0 Å². The smallest absolute Gasteiger partial charge is 0.191 e. The van der Waals surface area contributed by atoms with Crippen molar-refractivity contribution in [2.24, 2.45) is 16.6 Å². The molecule has 0 spiro atoms. The van der Waals surface area contributed by atoms with E-state index in [-0.39, 0.29) is 0 Å². The molecule has 1 unspecified atom stereocenters. The number of rotatable bonds is 4. The first-order chi connectivity index (χ1) is 9.25. The fraction of sp³-hybridized carbons (Fsp3) is 0.929. The Bertz CT molecular complexity index is 283. The van der Waals surface area contributed by atoms with Crippen LogP contribution in [0.3, 0.4) is 0 Å². The Morgan fingerprint density at radius 1 is 1.16 bits per heavy atom. The summed E-state index contributed by atoms with van der Waals surface area (Å²) < 4.78 is 0. The maximum Gasteiger partial charge on any atom is 0.191 e. The highest BCUT2D eigenvalue weighted by atomic mass is 32.2. The first-order valence-electron chi connectivity index (χ1n) is 7.60. The largest absolute Gasteiger partial charge is 0.370 e. The van der Waals surface area contributed by atoms with Crippen molar-refractivity contribution in [3.8, 4) is 0 Å². The van der Waals surface area contributed by atoms with E-state index in [9.17, 15) is 0 Å². The summed E-state index contributed by atoms with van der Waals surface area (Å²) in [5.74, 6) is 3.72. The molecule has 4 nitrogen and oxygen atoms in total. The summed E-state index contributed by atoms with van der Waals surface area (Å²) in [5.41, 5.74) is 6.08. The topological polar surface area (TPSA) is 44.9 Å². The van der Waals surface area contributed by atoms with Gasteiger partial charge in [0.25, 0.3) is 0 Å². The second kappa shape index (κ2) is 8.00. The summed E-state index contributed by atoms with van der Waals surface area (Å²) in [6.07, 6.45) is 4.14. The van der Waals surface area contributed by atoms with Gasteiger partial charge in [-0.05, 0) is 31.8 Å². The van der Waals surface area contributed by atoms with Gasteiger partial charge in [-0.3, -0.25) is 4.99 Å². The average Bonchev–Trinajstić information content (AvgIpc) is 2.47. The highest BCUT2D eigenvalue weighted by Crippen LogP contribution is 2.12. The molecule has 0 aliphatic carbocycles. The lowest BCUT2D eigenvalue weighted by Crippen LogP contribution is -2.43. The molecule has 0 aromatic heterocycles. The zero-order valence-corrected chi connectivity index (χ0v) is 13.0. The second-order valence-electron chi connectivity index (χ2n) is 5.76. The minimum Gasteiger partial charge on any atom is -0.370 e. The molecule has 110 valence electrons. The number of thioether (sulfide) groups is 1. The van der Waals surface area contributed by atoms with Crippen LogP contribution in [0.25, 0.3) is 0 Å². The summed E-state index contributed by atoms with van der Waals surface area (Å²) >= 11 is 2.00. The highest BCUT2D eigenvalue weighted by Gasteiger charge is 2.15. The van der Waals surface area contributed by atoms with E-state index in [4.69, 9.17) is 5.73 Å². The molecule has 2 rings (SSSR count). The average molecular weight is 284 g/mol. The van der Waals surface area contributed by atoms with Crippen molar-refractivity contribution in [2.75, 3.05) is 50.8 Å². The number of hydrogen-bond donors (Lipinski definition) is 1. The highest BCUT2D eigenvalue weighted by molar-refractivity contribution is 7.99. The van der Waals surface area contributed by atoms with Gasteiger partial charge in [-0.15, -0.1) is 0 Å². The first kappa shape index (κ1) is 15.0. The zero-order chi connectivity index (χ0) is 13.5. The lowest BCUT2D eigenvalue weighted by molar-refractivity contribution is 0.202. The number of piperidine rings is 1. The number of aliphatic imine (C=N–C) groups is 1. The van der Waals surface area contributed by atoms with Crippen LogP contribution in [0, 0.1) is 5.92 Å². The molecule has 0 radical (unpaired) electrons. The van der Waals surface area contributed by atoms with Gasteiger partial charge in [-0.2, -0.15) is 11.8 Å². The van der Waals surface area contributed by atoms with E-state index in [2.05, 4.69) is 21.7 Å². The van der Waals surface area contributed by atoms with E-state index in [1.165, 1.54) is 50.4 Å². The number of nitrogens with two attached hydrogens (primary N) is 1. The number of nitrogens with zero attached hydrogens (tertiary/aromatic N) is 3. The first-order valence-corrected chi connectivity index (χ1v) is 8.76. The van der Waals surface area contributed by atoms with Gasteiger partial charge in [0.2, 0.25) is 0 Å². The van der Waals surface area contributed by atoms with Gasteiger partial charge in [-0.1, -0.05) is 13.3 Å². The van der Waals surface area contributed by atoms with Crippen LogP contribution in [0.2, 0.25) is 0 Å². The predicted molar refractivity (Wildman–Crippen MR) is 84.8 cm³/mol. The van der Waals surface area contributed by atoms with Crippen molar-refractivity contribution < 1.29 is 0 Å². The van der Waals surface area contributed by atoms with E-state index in [0.717, 1.165) is 25.6 Å².